The first-order valence-electron chi connectivity index (χ1n) is 13.7. The van der Waals surface area contributed by atoms with Gasteiger partial charge in [0.25, 0.3) is 0 Å². The van der Waals surface area contributed by atoms with E-state index in [4.69, 9.17) is 4.74 Å². The van der Waals surface area contributed by atoms with E-state index in [-0.39, 0.29) is 11.9 Å². The van der Waals surface area contributed by atoms with Gasteiger partial charge in [0.2, 0.25) is 5.91 Å². The third-order valence-electron chi connectivity index (χ3n) is 7.22. The SMILES string of the molecule is CC(C)(C)OC(=O)NC(C(=O)NC1CCN(Cc2ccccc2)CC1)C(C)(C)SCC1CCCCC1. The number of nitrogens with zero attached hydrogens (tertiary/aromatic N) is 1. The molecule has 1 saturated heterocycles. The molecule has 7 heteroatoms. The van der Waals surface area contributed by atoms with Gasteiger partial charge < -0.3 is 15.4 Å². The Morgan fingerprint density at radius 2 is 1.64 bits per heavy atom. The van der Waals surface area contributed by atoms with Crippen LogP contribution >= 0.6 is 11.8 Å². The standard InChI is InChI=1S/C29H47N3O3S/c1-28(2,3)35-27(34)31-25(29(4,5)36-21-23-14-10-7-11-15-23)26(33)30-24-16-18-32(19-17-24)20-22-12-8-6-9-13-22/h6,8-9,12-13,23-25H,7,10-11,14-21H2,1-5H3,(H,30,33)(H,31,34). The summed E-state index contributed by atoms with van der Waals surface area (Å²) in [7, 11) is 0. The van der Waals surface area contributed by atoms with Gasteiger partial charge in [-0.15, -0.1) is 0 Å². The minimum Gasteiger partial charge on any atom is -0.444 e. The lowest BCUT2D eigenvalue weighted by atomic mass is 9.91. The number of likely N-dealkylation sites (tertiary alicyclic amines) is 1. The second-order valence-electron chi connectivity index (χ2n) is 12.0. The normalized spacial score (nSPS) is 19.5. The highest BCUT2D eigenvalue weighted by atomic mass is 32.2. The van der Waals surface area contributed by atoms with Crippen molar-refractivity contribution < 1.29 is 14.3 Å². The molecule has 36 heavy (non-hydrogen) atoms. The van der Waals surface area contributed by atoms with Crippen molar-refractivity contribution in [3.63, 3.8) is 0 Å². The molecule has 3 rings (SSSR count). The molecule has 1 aromatic carbocycles. The van der Waals surface area contributed by atoms with Crippen LogP contribution in [0, 0.1) is 5.92 Å². The Balaban J connectivity index is 1.58. The molecular formula is C29H47N3O3S. The quantitative estimate of drug-likeness (QED) is 0.436. The molecule has 6 nitrogen and oxygen atoms in total. The van der Waals surface area contributed by atoms with Gasteiger partial charge in [0, 0.05) is 30.4 Å². The van der Waals surface area contributed by atoms with Crippen LogP contribution in [-0.4, -0.2) is 58.2 Å². The maximum Gasteiger partial charge on any atom is 0.408 e. The van der Waals surface area contributed by atoms with Crippen LogP contribution in [0.25, 0.3) is 0 Å². The molecule has 1 unspecified atom stereocenters. The number of carbonyl (C=O) groups excluding carboxylic acids is 2. The van der Waals surface area contributed by atoms with Gasteiger partial charge in [0.15, 0.2) is 0 Å². The van der Waals surface area contributed by atoms with Crippen molar-refractivity contribution in [2.75, 3.05) is 18.8 Å². The van der Waals surface area contributed by atoms with Crippen molar-refractivity contribution >= 4 is 23.8 Å². The summed E-state index contributed by atoms with van der Waals surface area (Å²) >= 11 is 1.81. The monoisotopic (exact) mass is 517 g/mol. The number of piperidine rings is 1. The van der Waals surface area contributed by atoms with Crippen molar-refractivity contribution in [3.05, 3.63) is 35.9 Å². The van der Waals surface area contributed by atoms with Gasteiger partial charge in [0.05, 0.1) is 0 Å². The van der Waals surface area contributed by atoms with E-state index in [0.29, 0.717) is 5.92 Å². The van der Waals surface area contributed by atoms with Crippen LogP contribution in [0.5, 0.6) is 0 Å². The van der Waals surface area contributed by atoms with E-state index >= 15 is 0 Å². The summed E-state index contributed by atoms with van der Waals surface area (Å²) in [5.74, 6) is 1.61. The second-order valence-corrected chi connectivity index (χ2v) is 13.7. The number of amides is 2. The summed E-state index contributed by atoms with van der Waals surface area (Å²) in [5, 5.41) is 6.19. The molecule has 1 aromatic rings. The van der Waals surface area contributed by atoms with Crippen LogP contribution in [0.15, 0.2) is 30.3 Å². The van der Waals surface area contributed by atoms with Crippen molar-refractivity contribution in [1.82, 2.24) is 15.5 Å². The molecule has 0 bridgehead atoms. The molecular weight excluding hydrogens is 470 g/mol. The Hall–Kier alpha value is -1.73. The van der Waals surface area contributed by atoms with Crippen molar-refractivity contribution in [2.45, 2.75) is 109 Å². The lowest BCUT2D eigenvalue weighted by Crippen LogP contribution is -2.59. The van der Waals surface area contributed by atoms with Gasteiger partial charge in [-0.3, -0.25) is 9.69 Å². The molecule has 0 spiro atoms. The van der Waals surface area contributed by atoms with Gasteiger partial charge in [-0.05, 0) is 77.5 Å². The minimum absolute atomic E-state index is 0.108. The zero-order valence-corrected chi connectivity index (χ0v) is 23.8. The zero-order chi connectivity index (χ0) is 26.2. The van der Waals surface area contributed by atoms with E-state index in [1.54, 1.807) is 11.8 Å². The van der Waals surface area contributed by atoms with Gasteiger partial charge >= 0.3 is 6.09 Å². The number of hydrogen-bond acceptors (Lipinski definition) is 5. The van der Waals surface area contributed by atoms with Crippen molar-refractivity contribution in [3.8, 4) is 0 Å². The molecule has 1 atom stereocenters. The third-order valence-corrected chi connectivity index (χ3v) is 8.84. The number of rotatable bonds is 9. The highest BCUT2D eigenvalue weighted by Gasteiger charge is 2.39. The summed E-state index contributed by atoms with van der Waals surface area (Å²) < 4.78 is 5.07. The molecule has 2 fully saturated rings. The molecule has 1 aliphatic carbocycles. The third kappa shape index (κ3) is 9.62. The summed E-state index contributed by atoms with van der Waals surface area (Å²) in [4.78, 5) is 28.7. The summed E-state index contributed by atoms with van der Waals surface area (Å²) in [6.45, 7) is 12.5. The van der Waals surface area contributed by atoms with Gasteiger partial charge in [0.1, 0.15) is 11.6 Å². The lowest BCUT2D eigenvalue weighted by molar-refractivity contribution is -0.124. The molecule has 202 valence electrons. The number of alkyl carbamates (subject to hydrolysis) is 1. The average Bonchev–Trinajstić information content (AvgIpc) is 2.83. The number of carbonyl (C=O) groups is 2. The highest BCUT2D eigenvalue weighted by Crippen LogP contribution is 2.35. The zero-order valence-electron chi connectivity index (χ0n) is 23.0. The Morgan fingerprint density at radius 1 is 1.00 bits per heavy atom. The second kappa shape index (κ2) is 13.2. The fourth-order valence-corrected chi connectivity index (χ4v) is 6.44. The number of nitrogens with one attached hydrogen (secondary N) is 2. The van der Waals surface area contributed by atoms with Gasteiger partial charge in [-0.25, -0.2) is 4.79 Å². The van der Waals surface area contributed by atoms with Crippen molar-refractivity contribution in [2.24, 2.45) is 5.92 Å². The maximum absolute atomic E-state index is 13.6. The number of thioether (sulfide) groups is 1. The Morgan fingerprint density at radius 3 is 2.25 bits per heavy atom. The first-order valence-corrected chi connectivity index (χ1v) is 14.7. The molecule has 0 radical (unpaired) electrons. The first-order chi connectivity index (χ1) is 17.0. The van der Waals surface area contributed by atoms with E-state index in [1.165, 1.54) is 37.7 Å². The maximum atomic E-state index is 13.6. The summed E-state index contributed by atoms with van der Waals surface area (Å²) in [6, 6.07) is 9.97. The summed E-state index contributed by atoms with van der Waals surface area (Å²) in [5.41, 5.74) is 0.703. The largest absolute Gasteiger partial charge is 0.444 e. The van der Waals surface area contributed by atoms with Crippen LogP contribution in [0.2, 0.25) is 0 Å². The van der Waals surface area contributed by atoms with Crippen LogP contribution in [-0.2, 0) is 16.1 Å². The van der Waals surface area contributed by atoms with E-state index in [0.717, 1.165) is 38.2 Å². The molecule has 0 aromatic heterocycles. The van der Waals surface area contributed by atoms with E-state index < -0.39 is 22.5 Å². The lowest BCUT2D eigenvalue weighted by Gasteiger charge is -2.37. The number of benzene rings is 1. The Kier molecular flexibility index (Phi) is 10.6. The van der Waals surface area contributed by atoms with Gasteiger partial charge in [-0.1, -0.05) is 49.6 Å². The Labute approximate surface area is 222 Å². The average molecular weight is 518 g/mol. The van der Waals surface area contributed by atoms with Gasteiger partial charge in [-0.2, -0.15) is 11.8 Å². The molecule has 1 heterocycles. The molecule has 1 saturated carbocycles. The number of ether oxygens (including phenoxy) is 1. The topological polar surface area (TPSA) is 70.7 Å². The molecule has 2 amide bonds. The van der Waals surface area contributed by atoms with Crippen molar-refractivity contribution in [1.29, 1.82) is 0 Å². The molecule has 1 aliphatic heterocycles. The predicted molar refractivity (Wildman–Crippen MR) is 149 cm³/mol. The predicted octanol–water partition coefficient (Wildman–Crippen LogP) is 5.75. The van der Waals surface area contributed by atoms with Crippen LogP contribution < -0.4 is 10.6 Å². The smallest absolute Gasteiger partial charge is 0.408 e. The molecule has 2 N–H and O–H groups in total. The molecule has 2 aliphatic rings. The fourth-order valence-electron chi connectivity index (χ4n) is 5.11. The highest BCUT2D eigenvalue weighted by molar-refractivity contribution is 8.00. The van der Waals surface area contributed by atoms with E-state index in [1.807, 2.05) is 26.8 Å². The van der Waals surface area contributed by atoms with Crippen LogP contribution in [0.4, 0.5) is 4.79 Å². The van der Waals surface area contributed by atoms with Crippen LogP contribution in [0.1, 0.15) is 85.1 Å². The fraction of sp³-hybridized carbons (Fsp3) is 0.724. The summed E-state index contributed by atoms with van der Waals surface area (Å²) in [6.07, 6.45) is 7.75. The Bertz CT molecular complexity index is 826. The van der Waals surface area contributed by atoms with E-state index in [2.05, 4.69) is 53.6 Å². The first kappa shape index (κ1) is 28.8. The van der Waals surface area contributed by atoms with Crippen LogP contribution in [0.3, 0.4) is 0 Å². The van der Waals surface area contributed by atoms with E-state index in [9.17, 15) is 9.59 Å². The number of hydrogen-bond donors (Lipinski definition) is 2. The minimum atomic E-state index is -0.664.